The number of carbonyl (C=O) groups excluding carboxylic acids is 1. The Kier molecular flexibility index (Phi) is 2.96. The molecule has 6 heteroatoms. The summed E-state index contributed by atoms with van der Waals surface area (Å²) in [7, 11) is 0. The lowest BCUT2D eigenvalue weighted by Crippen LogP contribution is -2.27. The largest absolute Gasteiger partial charge is 0.343 e. The van der Waals surface area contributed by atoms with Crippen LogP contribution in [-0.4, -0.2) is 34.0 Å². The maximum Gasteiger partial charge on any atom is 0.263 e. The molecule has 106 valence electrons. The van der Waals surface area contributed by atoms with E-state index in [4.69, 9.17) is 4.52 Å². The fraction of sp³-hybridized carbons (Fsp3) is 0.267. The zero-order valence-electron chi connectivity index (χ0n) is 11.2. The first-order valence-electron chi connectivity index (χ1n) is 6.85. The molecule has 1 aliphatic rings. The molecule has 0 aliphatic carbocycles. The van der Waals surface area contributed by atoms with Crippen molar-refractivity contribution in [2.75, 3.05) is 13.1 Å². The van der Waals surface area contributed by atoms with Gasteiger partial charge in [-0.2, -0.15) is 4.98 Å². The Hall–Kier alpha value is -2.21. The van der Waals surface area contributed by atoms with Crippen LogP contribution < -0.4 is 0 Å². The molecule has 0 saturated carbocycles. The maximum absolute atomic E-state index is 12.6. The smallest absolute Gasteiger partial charge is 0.263 e. The number of likely N-dealkylation sites (tertiary alicyclic amines) is 1. The highest BCUT2D eigenvalue weighted by molar-refractivity contribution is 7.20. The molecule has 0 N–H and O–H groups in total. The lowest BCUT2D eigenvalue weighted by molar-refractivity contribution is 0.0795. The van der Waals surface area contributed by atoms with Gasteiger partial charge in [0.05, 0.1) is 4.88 Å². The Bertz CT molecular complexity index is 748. The van der Waals surface area contributed by atoms with Crippen molar-refractivity contribution in [1.29, 1.82) is 0 Å². The standard InChI is InChI=1S/C15H13N3O2S/c19-15(13-7-10-3-1-2-4-12(10)21-13)18-6-5-11(8-18)14-16-9-20-17-14/h1-4,7,9,11H,5-6,8H2/t11-/m0/s1. The van der Waals surface area contributed by atoms with E-state index in [1.165, 1.54) is 6.39 Å². The molecule has 1 atom stereocenters. The predicted molar refractivity (Wildman–Crippen MR) is 79.4 cm³/mol. The van der Waals surface area contributed by atoms with Crippen molar-refractivity contribution in [2.45, 2.75) is 12.3 Å². The highest BCUT2D eigenvalue weighted by Crippen LogP contribution is 2.30. The van der Waals surface area contributed by atoms with Crippen LogP contribution in [0.5, 0.6) is 0 Å². The number of aromatic nitrogens is 2. The molecule has 4 rings (SSSR count). The Morgan fingerprint density at radius 3 is 3.10 bits per heavy atom. The number of thiophene rings is 1. The number of amides is 1. The van der Waals surface area contributed by atoms with Crippen molar-refractivity contribution >= 4 is 27.3 Å². The zero-order valence-corrected chi connectivity index (χ0v) is 12.0. The summed E-state index contributed by atoms with van der Waals surface area (Å²) in [4.78, 5) is 19.4. The van der Waals surface area contributed by atoms with Crippen molar-refractivity contribution in [2.24, 2.45) is 0 Å². The first-order valence-corrected chi connectivity index (χ1v) is 7.67. The molecule has 0 radical (unpaired) electrons. The summed E-state index contributed by atoms with van der Waals surface area (Å²) in [6, 6.07) is 10.0. The van der Waals surface area contributed by atoms with Gasteiger partial charge in [0, 0.05) is 23.7 Å². The molecular weight excluding hydrogens is 286 g/mol. The van der Waals surface area contributed by atoms with Crippen molar-refractivity contribution in [3.8, 4) is 0 Å². The van der Waals surface area contributed by atoms with Crippen LogP contribution in [0.2, 0.25) is 0 Å². The van der Waals surface area contributed by atoms with Gasteiger partial charge in [-0.1, -0.05) is 23.4 Å². The summed E-state index contributed by atoms with van der Waals surface area (Å²) >= 11 is 1.55. The second-order valence-corrected chi connectivity index (χ2v) is 6.26. The van der Waals surface area contributed by atoms with E-state index in [9.17, 15) is 4.79 Å². The van der Waals surface area contributed by atoms with E-state index in [1.807, 2.05) is 35.2 Å². The van der Waals surface area contributed by atoms with Crippen molar-refractivity contribution < 1.29 is 9.32 Å². The summed E-state index contributed by atoms with van der Waals surface area (Å²) in [6.45, 7) is 1.40. The van der Waals surface area contributed by atoms with E-state index < -0.39 is 0 Å². The molecule has 3 heterocycles. The van der Waals surface area contributed by atoms with E-state index in [-0.39, 0.29) is 11.8 Å². The van der Waals surface area contributed by atoms with Gasteiger partial charge in [0.1, 0.15) is 0 Å². The quantitative estimate of drug-likeness (QED) is 0.730. The average molecular weight is 299 g/mol. The third-order valence-electron chi connectivity index (χ3n) is 3.86. The lowest BCUT2D eigenvalue weighted by atomic mass is 10.1. The Morgan fingerprint density at radius 1 is 1.38 bits per heavy atom. The zero-order chi connectivity index (χ0) is 14.2. The Morgan fingerprint density at radius 2 is 2.29 bits per heavy atom. The molecule has 1 aliphatic heterocycles. The predicted octanol–water partition coefficient (Wildman–Crippen LogP) is 2.91. The third-order valence-corrected chi connectivity index (χ3v) is 4.96. The molecule has 0 bridgehead atoms. The van der Waals surface area contributed by atoms with E-state index >= 15 is 0 Å². The summed E-state index contributed by atoms with van der Waals surface area (Å²) < 4.78 is 5.93. The third kappa shape index (κ3) is 2.21. The van der Waals surface area contributed by atoms with E-state index in [0.29, 0.717) is 12.4 Å². The Labute approximate surface area is 125 Å². The van der Waals surface area contributed by atoms with Crippen LogP contribution in [-0.2, 0) is 0 Å². The second kappa shape index (κ2) is 4.96. The van der Waals surface area contributed by atoms with Gasteiger partial charge in [0.15, 0.2) is 5.82 Å². The monoisotopic (exact) mass is 299 g/mol. The number of rotatable bonds is 2. The van der Waals surface area contributed by atoms with Gasteiger partial charge in [0.25, 0.3) is 5.91 Å². The van der Waals surface area contributed by atoms with E-state index in [2.05, 4.69) is 10.1 Å². The summed E-state index contributed by atoms with van der Waals surface area (Å²) in [5, 5.41) is 5.00. The first kappa shape index (κ1) is 12.5. The molecule has 1 amide bonds. The summed E-state index contributed by atoms with van der Waals surface area (Å²) in [5.41, 5.74) is 0. The number of benzene rings is 1. The molecule has 1 aromatic carbocycles. The highest BCUT2D eigenvalue weighted by Gasteiger charge is 2.30. The van der Waals surface area contributed by atoms with Gasteiger partial charge in [-0.3, -0.25) is 4.79 Å². The SMILES string of the molecule is O=C(c1cc2ccccc2s1)N1CC[C@H](c2ncon2)C1. The van der Waals surface area contributed by atoms with Crippen LogP contribution in [0.25, 0.3) is 10.1 Å². The number of nitrogens with zero attached hydrogens (tertiary/aromatic N) is 3. The Balaban J connectivity index is 1.55. The van der Waals surface area contributed by atoms with E-state index in [1.54, 1.807) is 11.3 Å². The highest BCUT2D eigenvalue weighted by atomic mass is 32.1. The molecule has 2 aromatic heterocycles. The van der Waals surface area contributed by atoms with Gasteiger partial charge in [0.2, 0.25) is 6.39 Å². The minimum atomic E-state index is 0.0993. The molecule has 0 spiro atoms. The van der Waals surface area contributed by atoms with Gasteiger partial charge >= 0.3 is 0 Å². The summed E-state index contributed by atoms with van der Waals surface area (Å²) in [5.74, 6) is 0.978. The molecule has 1 saturated heterocycles. The number of hydrogen-bond acceptors (Lipinski definition) is 5. The first-order chi connectivity index (χ1) is 10.3. The lowest BCUT2D eigenvalue weighted by Gasteiger charge is -2.14. The average Bonchev–Trinajstić information content (AvgIpc) is 3.24. The van der Waals surface area contributed by atoms with Crippen molar-refractivity contribution in [1.82, 2.24) is 15.0 Å². The number of hydrogen-bond donors (Lipinski definition) is 0. The number of fused-ring (bicyclic) bond motifs is 1. The molecule has 0 unspecified atom stereocenters. The topological polar surface area (TPSA) is 59.2 Å². The van der Waals surface area contributed by atoms with Crippen LogP contribution in [0.1, 0.15) is 27.8 Å². The van der Waals surface area contributed by atoms with Crippen LogP contribution in [0.4, 0.5) is 0 Å². The maximum atomic E-state index is 12.6. The van der Waals surface area contributed by atoms with Crippen LogP contribution in [0, 0.1) is 0 Å². The normalized spacial score (nSPS) is 18.5. The van der Waals surface area contributed by atoms with Crippen LogP contribution in [0.3, 0.4) is 0 Å². The molecular formula is C15H13N3O2S. The second-order valence-electron chi connectivity index (χ2n) is 5.17. The minimum absolute atomic E-state index is 0.0993. The molecule has 21 heavy (non-hydrogen) atoms. The number of carbonyl (C=O) groups is 1. The van der Waals surface area contributed by atoms with Crippen LogP contribution in [0.15, 0.2) is 41.2 Å². The van der Waals surface area contributed by atoms with Gasteiger partial charge in [-0.25, -0.2) is 0 Å². The summed E-state index contributed by atoms with van der Waals surface area (Å²) in [6.07, 6.45) is 2.22. The fourth-order valence-electron chi connectivity index (χ4n) is 2.76. The van der Waals surface area contributed by atoms with Crippen LogP contribution >= 0.6 is 11.3 Å². The van der Waals surface area contributed by atoms with Crippen molar-refractivity contribution in [3.63, 3.8) is 0 Å². The van der Waals surface area contributed by atoms with Gasteiger partial charge in [-0.15, -0.1) is 11.3 Å². The van der Waals surface area contributed by atoms with Gasteiger partial charge < -0.3 is 9.42 Å². The molecule has 5 nitrogen and oxygen atoms in total. The molecule has 1 fully saturated rings. The fourth-order valence-corrected chi connectivity index (χ4v) is 3.79. The molecule has 3 aromatic rings. The van der Waals surface area contributed by atoms with Crippen molar-refractivity contribution in [3.05, 3.63) is 47.4 Å². The van der Waals surface area contributed by atoms with Gasteiger partial charge in [-0.05, 0) is 23.9 Å². The minimum Gasteiger partial charge on any atom is -0.343 e. The van der Waals surface area contributed by atoms with E-state index in [0.717, 1.165) is 27.9 Å².